The van der Waals surface area contributed by atoms with Crippen molar-refractivity contribution in [2.24, 2.45) is 0 Å². The van der Waals surface area contributed by atoms with E-state index in [1.54, 1.807) is 22.9 Å². The third kappa shape index (κ3) is 1.97. The van der Waals surface area contributed by atoms with Crippen LogP contribution in [0.25, 0.3) is 4.96 Å². The lowest BCUT2D eigenvalue weighted by molar-refractivity contribution is -0.389. The molecule has 0 fully saturated rings. The Hall–Kier alpha value is -1.93. The average Bonchev–Trinajstić information content (AvgIpc) is 3.11. The fraction of sp³-hybridized carbons (Fsp3) is 0.250. The van der Waals surface area contributed by atoms with Crippen molar-refractivity contribution in [3.63, 3.8) is 0 Å². The van der Waals surface area contributed by atoms with E-state index in [1.807, 2.05) is 36.4 Å². The maximum atomic E-state index is 11.3. The summed E-state index contributed by atoms with van der Waals surface area (Å²) in [4.78, 5) is 19.0. The second-order valence-electron chi connectivity index (χ2n) is 4.37. The van der Waals surface area contributed by atoms with E-state index in [0.29, 0.717) is 10.8 Å². The lowest BCUT2D eigenvalue weighted by Crippen LogP contribution is -2.22. The van der Waals surface area contributed by atoms with E-state index in [2.05, 4.69) is 4.98 Å². The van der Waals surface area contributed by atoms with Gasteiger partial charge in [-0.1, -0.05) is 17.4 Å². The van der Waals surface area contributed by atoms with Crippen molar-refractivity contribution in [2.45, 2.75) is 13.0 Å². The van der Waals surface area contributed by atoms with Crippen LogP contribution in [0.5, 0.6) is 0 Å². The normalized spacial score (nSPS) is 12.7. The molecule has 3 heterocycles. The maximum absolute atomic E-state index is 11.3. The molecule has 0 aliphatic heterocycles. The van der Waals surface area contributed by atoms with Crippen molar-refractivity contribution in [3.8, 4) is 0 Å². The molecule has 8 heteroatoms. The monoisotopic (exact) mass is 308 g/mol. The predicted octanol–water partition coefficient (Wildman–Crippen LogP) is 3.56. The first-order valence-electron chi connectivity index (χ1n) is 5.95. The Bertz CT molecular complexity index is 747. The number of rotatable bonds is 4. The fourth-order valence-electron chi connectivity index (χ4n) is 2.07. The molecule has 104 valence electrons. The van der Waals surface area contributed by atoms with Crippen molar-refractivity contribution in [1.82, 2.24) is 9.38 Å². The molecule has 0 spiro atoms. The van der Waals surface area contributed by atoms with Gasteiger partial charge in [-0.3, -0.25) is 0 Å². The molecule has 1 atom stereocenters. The van der Waals surface area contributed by atoms with Gasteiger partial charge in [-0.05, 0) is 23.3 Å². The molecule has 0 aromatic carbocycles. The number of hydrogen-bond donors (Lipinski definition) is 0. The molecule has 0 bridgehead atoms. The lowest BCUT2D eigenvalue weighted by atomic mass is 10.2. The summed E-state index contributed by atoms with van der Waals surface area (Å²) in [5.41, 5.74) is 0. The summed E-state index contributed by atoms with van der Waals surface area (Å²) in [5, 5.41) is 15.1. The molecule has 0 aliphatic carbocycles. The van der Waals surface area contributed by atoms with Crippen LogP contribution in [-0.2, 0) is 0 Å². The van der Waals surface area contributed by atoms with Crippen LogP contribution < -0.4 is 4.90 Å². The minimum absolute atomic E-state index is 0.0205. The number of thiazole rings is 1. The molecule has 0 saturated heterocycles. The van der Waals surface area contributed by atoms with Gasteiger partial charge in [0.15, 0.2) is 0 Å². The molecular formula is C12H12N4O2S2. The first-order valence-corrected chi connectivity index (χ1v) is 7.71. The molecule has 3 rings (SSSR count). The summed E-state index contributed by atoms with van der Waals surface area (Å²) in [5.74, 6) is 0.426. The quantitative estimate of drug-likeness (QED) is 0.546. The Balaban J connectivity index is 2.07. The molecule has 0 amide bonds. The van der Waals surface area contributed by atoms with Crippen LogP contribution in [0.15, 0.2) is 29.1 Å². The van der Waals surface area contributed by atoms with Gasteiger partial charge in [0.1, 0.15) is 6.20 Å². The first kappa shape index (κ1) is 13.1. The molecule has 20 heavy (non-hydrogen) atoms. The zero-order chi connectivity index (χ0) is 14.3. The molecule has 0 N–H and O–H groups in total. The third-order valence-corrected chi connectivity index (χ3v) is 5.06. The molecule has 0 radical (unpaired) electrons. The van der Waals surface area contributed by atoms with E-state index in [1.165, 1.54) is 15.7 Å². The molecule has 1 unspecified atom stereocenters. The van der Waals surface area contributed by atoms with E-state index in [4.69, 9.17) is 0 Å². The molecule has 6 nitrogen and oxygen atoms in total. The second kappa shape index (κ2) is 4.88. The smallest absolute Gasteiger partial charge is 0.358 e. The van der Waals surface area contributed by atoms with Gasteiger partial charge >= 0.3 is 5.82 Å². The van der Waals surface area contributed by atoms with Gasteiger partial charge in [0.2, 0.25) is 5.82 Å². The van der Waals surface area contributed by atoms with Gasteiger partial charge in [0.25, 0.3) is 4.96 Å². The van der Waals surface area contributed by atoms with E-state index < -0.39 is 0 Å². The molecular weight excluding hydrogens is 296 g/mol. The number of hydrogen-bond acceptors (Lipinski definition) is 6. The van der Waals surface area contributed by atoms with Gasteiger partial charge in [-0.15, -0.1) is 11.3 Å². The first-order chi connectivity index (χ1) is 9.59. The van der Waals surface area contributed by atoms with Crippen LogP contribution in [0.1, 0.15) is 17.8 Å². The predicted molar refractivity (Wildman–Crippen MR) is 80.9 cm³/mol. The van der Waals surface area contributed by atoms with Crippen molar-refractivity contribution in [3.05, 3.63) is 44.1 Å². The highest BCUT2D eigenvalue weighted by Crippen LogP contribution is 2.35. The molecule has 0 aliphatic rings. The zero-order valence-electron chi connectivity index (χ0n) is 10.9. The van der Waals surface area contributed by atoms with Crippen LogP contribution in [-0.4, -0.2) is 21.4 Å². The molecule has 3 aromatic rings. The Morgan fingerprint density at radius 3 is 2.90 bits per heavy atom. The highest BCUT2D eigenvalue weighted by atomic mass is 32.1. The van der Waals surface area contributed by atoms with Crippen LogP contribution in [0.3, 0.4) is 0 Å². The van der Waals surface area contributed by atoms with Gasteiger partial charge in [-0.25, -0.2) is 0 Å². The Kier molecular flexibility index (Phi) is 3.19. The summed E-state index contributed by atoms with van der Waals surface area (Å²) in [6.07, 6.45) is 1.68. The Labute approximate surface area is 123 Å². The highest BCUT2D eigenvalue weighted by molar-refractivity contribution is 7.15. The van der Waals surface area contributed by atoms with E-state index in [0.717, 1.165) is 4.88 Å². The SMILES string of the molecule is CC(c1cccs1)N(C)c1nc2sccn2c1[N+](=O)[O-]. The van der Waals surface area contributed by atoms with Gasteiger partial charge < -0.3 is 15.0 Å². The Morgan fingerprint density at radius 1 is 1.45 bits per heavy atom. The number of imidazole rings is 1. The third-order valence-electron chi connectivity index (χ3n) is 3.26. The van der Waals surface area contributed by atoms with Crippen molar-refractivity contribution < 1.29 is 4.92 Å². The summed E-state index contributed by atoms with van der Waals surface area (Å²) in [6.45, 7) is 2.02. The zero-order valence-corrected chi connectivity index (χ0v) is 12.5. The van der Waals surface area contributed by atoms with Crippen LogP contribution in [0.4, 0.5) is 11.6 Å². The second-order valence-corrected chi connectivity index (χ2v) is 6.23. The number of nitro groups is 1. The number of nitrogens with zero attached hydrogens (tertiary/aromatic N) is 4. The standard InChI is InChI=1S/C12H12N4O2S2/c1-8(9-4-3-6-19-9)14(2)10-11(16(17)18)15-5-7-20-12(15)13-10/h3-8H,1-2H3. The van der Waals surface area contributed by atoms with Crippen molar-refractivity contribution in [2.75, 3.05) is 11.9 Å². The number of thiophene rings is 1. The van der Waals surface area contributed by atoms with E-state index >= 15 is 0 Å². The minimum Gasteiger partial charge on any atom is -0.358 e. The summed E-state index contributed by atoms with van der Waals surface area (Å²) < 4.78 is 1.53. The van der Waals surface area contributed by atoms with E-state index in [9.17, 15) is 10.1 Å². The van der Waals surface area contributed by atoms with Crippen LogP contribution >= 0.6 is 22.7 Å². The van der Waals surface area contributed by atoms with Gasteiger partial charge in [0.05, 0.1) is 6.04 Å². The summed E-state index contributed by atoms with van der Waals surface area (Å²) in [7, 11) is 1.84. The number of anilines is 1. The number of aromatic nitrogens is 2. The molecule has 0 saturated carbocycles. The van der Waals surface area contributed by atoms with E-state index in [-0.39, 0.29) is 16.8 Å². The van der Waals surface area contributed by atoms with Gasteiger partial charge in [0, 0.05) is 17.3 Å². The van der Waals surface area contributed by atoms with Gasteiger partial charge in [-0.2, -0.15) is 9.38 Å². The molecule has 3 aromatic heterocycles. The summed E-state index contributed by atoms with van der Waals surface area (Å²) >= 11 is 3.02. The lowest BCUT2D eigenvalue weighted by Gasteiger charge is -2.23. The van der Waals surface area contributed by atoms with Crippen molar-refractivity contribution in [1.29, 1.82) is 0 Å². The number of fused-ring (bicyclic) bond motifs is 1. The largest absolute Gasteiger partial charge is 0.373 e. The average molecular weight is 308 g/mol. The Morgan fingerprint density at radius 2 is 2.25 bits per heavy atom. The summed E-state index contributed by atoms with van der Waals surface area (Å²) in [6, 6.07) is 4.04. The van der Waals surface area contributed by atoms with Crippen LogP contribution in [0.2, 0.25) is 0 Å². The minimum atomic E-state index is -0.375. The van der Waals surface area contributed by atoms with Crippen LogP contribution in [0, 0.1) is 10.1 Å². The fourth-order valence-corrected chi connectivity index (χ4v) is 3.60. The topological polar surface area (TPSA) is 63.7 Å². The maximum Gasteiger partial charge on any atom is 0.373 e. The van der Waals surface area contributed by atoms with Crippen molar-refractivity contribution >= 4 is 39.3 Å². The highest BCUT2D eigenvalue weighted by Gasteiger charge is 2.29.